The van der Waals surface area contributed by atoms with E-state index >= 15 is 0 Å². The van der Waals surface area contributed by atoms with E-state index in [1.54, 1.807) is 0 Å². The molecule has 4 heterocycles. The third kappa shape index (κ3) is 5.82. The van der Waals surface area contributed by atoms with E-state index in [-0.39, 0.29) is 0 Å². The lowest BCUT2D eigenvalue weighted by atomic mass is 10.0. The monoisotopic (exact) mass is 810 g/mol. The lowest BCUT2D eigenvalue weighted by molar-refractivity contribution is 0.619. The molecule has 0 spiro atoms. The molecule has 7 nitrogen and oxygen atoms in total. The van der Waals surface area contributed by atoms with Crippen LogP contribution in [0.2, 0.25) is 0 Å². The summed E-state index contributed by atoms with van der Waals surface area (Å²) in [5.74, 6) is 1.20. The second kappa shape index (κ2) is 13.9. The van der Waals surface area contributed by atoms with Gasteiger partial charge in [-0.1, -0.05) is 84.9 Å². The molecule has 0 bridgehead atoms. The van der Waals surface area contributed by atoms with E-state index in [1.165, 1.54) is 5.56 Å². The molecule has 4 aromatic heterocycles. The van der Waals surface area contributed by atoms with Crippen LogP contribution in [0.15, 0.2) is 220 Å². The average Bonchev–Trinajstić information content (AvgIpc) is 4.14. The Morgan fingerprint density at radius 1 is 0.333 bits per heavy atom. The van der Waals surface area contributed by atoms with Crippen LogP contribution in [0.25, 0.3) is 106 Å². The number of para-hydroxylation sites is 5. The number of rotatable bonds is 7. The standard InChI is InChI=1S/C56H34N4O3/c1-2-10-35(11-3-1)36-18-23-39(24-19-36)59(40-25-20-37(21-26-40)55-57-47-13-5-8-16-53(47)62-55)41-27-30-51-45(33-41)46-34-42(28-31-52(46)61-51)60-49-15-7-4-12-43(49)44-32-38(22-29-50(44)60)56-58-48-14-6-9-17-54(48)63-56/h1-34H. The molecule has 0 radical (unpaired) electrons. The molecular formula is C56H34N4O3. The minimum Gasteiger partial charge on any atom is -0.456 e. The summed E-state index contributed by atoms with van der Waals surface area (Å²) < 4.78 is 21.2. The van der Waals surface area contributed by atoms with Crippen molar-refractivity contribution in [2.45, 2.75) is 0 Å². The van der Waals surface area contributed by atoms with Crippen LogP contribution >= 0.6 is 0 Å². The molecule has 7 heteroatoms. The maximum Gasteiger partial charge on any atom is 0.227 e. The maximum absolute atomic E-state index is 6.53. The van der Waals surface area contributed by atoms with E-state index < -0.39 is 0 Å². The molecule has 0 atom stereocenters. The average molecular weight is 811 g/mol. The van der Waals surface area contributed by atoms with Crippen molar-refractivity contribution < 1.29 is 13.3 Å². The van der Waals surface area contributed by atoms with E-state index in [9.17, 15) is 0 Å². The first-order valence-corrected chi connectivity index (χ1v) is 21.0. The number of aromatic nitrogens is 3. The lowest BCUT2D eigenvalue weighted by Gasteiger charge is -2.26. The van der Waals surface area contributed by atoms with Gasteiger partial charge in [0.2, 0.25) is 11.8 Å². The van der Waals surface area contributed by atoms with Crippen molar-refractivity contribution in [1.29, 1.82) is 0 Å². The van der Waals surface area contributed by atoms with Crippen LogP contribution in [-0.2, 0) is 0 Å². The highest BCUT2D eigenvalue weighted by atomic mass is 16.4. The van der Waals surface area contributed by atoms with Crippen LogP contribution in [0.4, 0.5) is 17.1 Å². The fraction of sp³-hybridized carbons (Fsp3) is 0. The van der Waals surface area contributed by atoms with Crippen molar-refractivity contribution >= 4 is 83.0 Å². The number of hydrogen-bond donors (Lipinski definition) is 0. The van der Waals surface area contributed by atoms with Crippen molar-refractivity contribution in [2.75, 3.05) is 4.90 Å². The van der Waals surface area contributed by atoms with Crippen LogP contribution in [0.5, 0.6) is 0 Å². The number of benzene rings is 9. The van der Waals surface area contributed by atoms with Gasteiger partial charge in [0, 0.05) is 55.4 Å². The van der Waals surface area contributed by atoms with Crippen molar-refractivity contribution in [2.24, 2.45) is 0 Å². The zero-order valence-corrected chi connectivity index (χ0v) is 33.6. The summed E-state index contributed by atoms with van der Waals surface area (Å²) in [4.78, 5) is 11.8. The van der Waals surface area contributed by atoms with Crippen molar-refractivity contribution in [1.82, 2.24) is 14.5 Å². The van der Waals surface area contributed by atoms with Gasteiger partial charge in [-0.3, -0.25) is 0 Å². The van der Waals surface area contributed by atoms with Gasteiger partial charge in [0.1, 0.15) is 22.2 Å². The predicted octanol–water partition coefficient (Wildman–Crippen LogP) is 15.4. The summed E-state index contributed by atoms with van der Waals surface area (Å²) in [7, 11) is 0. The highest BCUT2D eigenvalue weighted by molar-refractivity contribution is 6.12. The third-order valence-corrected chi connectivity index (χ3v) is 12.1. The normalized spacial score (nSPS) is 11.8. The lowest BCUT2D eigenvalue weighted by Crippen LogP contribution is -2.09. The summed E-state index contributed by atoms with van der Waals surface area (Å²) >= 11 is 0. The topological polar surface area (TPSA) is 73.4 Å². The number of fused-ring (bicyclic) bond motifs is 8. The van der Waals surface area contributed by atoms with Gasteiger partial charge in [0.25, 0.3) is 0 Å². The van der Waals surface area contributed by atoms with E-state index in [1.807, 2.05) is 54.6 Å². The van der Waals surface area contributed by atoms with Gasteiger partial charge >= 0.3 is 0 Å². The molecule has 0 aliphatic heterocycles. The van der Waals surface area contributed by atoms with Crippen molar-refractivity contribution in [3.8, 4) is 39.7 Å². The van der Waals surface area contributed by atoms with Crippen LogP contribution in [0.3, 0.4) is 0 Å². The Morgan fingerprint density at radius 2 is 0.873 bits per heavy atom. The molecular weight excluding hydrogens is 777 g/mol. The first kappa shape index (κ1) is 35.1. The number of furan rings is 1. The van der Waals surface area contributed by atoms with E-state index in [0.717, 1.165) is 105 Å². The number of nitrogens with zero attached hydrogens (tertiary/aromatic N) is 4. The second-order valence-electron chi connectivity index (χ2n) is 15.8. The summed E-state index contributed by atoms with van der Waals surface area (Å²) in [5, 5.41) is 4.34. The molecule has 0 saturated heterocycles. The number of anilines is 3. The molecule has 0 N–H and O–H groups in total. The quantitative estimate of drug-likeness (QED) is 0.160. The third-order valence-electron chi connectivity index (χ3n) is 12.1. The fourth-order valence-electron chi connectivity index (χ4n) is 9.04. The zero-order chi connectivity index (χ0) is 41.4. The Hall–Kier alpha value is -8.68. The molecule has 0 saturated carbocycles. The summed E-state index contributed by atoms with van der Waals surface area (Å²) in [6.45, 7) is 0. The Labute approximate surface area is 360 Å². The Kier molecular flexibility index (Phi) is 7.77. The zero-order valence-electron chi connectivity index (χ0n) is 33.6. The van der Waals surface area contributed by atoms with Crippen LogP contribution < -0.4 is 4.90 Å². The number of hydrogen-bond acceptors (Lipinski definition) is 6. The molecule has 63 heavy (non-hydrogen) atoms. The molecule has 0 unspecified atom stereocenters. The summed E-state index contributed by atoms with van der Waals surface area (Å²) in [6.07, 6.45) is 0. The van der Waals surface area contributed by atoms with Crippen LogP contribution in [0.1, 0.15) is 0 Å². The van der Waals surface area contributed by atoms with Gasteiger partial charge in [0.05, 0.1) is 11.0 Å². The Balaban J connectivity index is 0.933. The van der Waals surface area contributed by atoms with E-state index in [0.29, 0.717) is 11.8 Å². The van der Waals surface area contributed by atoms with Crippen molar-refractivity contribution in [3.05, 3.63) is 206 Å². The molecule has 9 aromatic carbocycles. The number of oxazole rings is 2. The smallest absolute Gasteiger partial charge is 0.227 e. The first-order chi connectivity index (χ1) is 31.2. The maximum atomic E-state index is 6.53. The van der Waals surface area contributed by atoms with Gasteiger partial charge in [-0.15, -0.1) is 0 Å². The molecule has 13 aromatic rings. The Morgan fingerprint density at radius 3 is 1.59 bits per heavy atom. The molecule has 0 aliphatic carbocycles. The van der Waals surface area contributed by atoms with Gasteiger partial charge in [0.15, 0.2) is 11.2 Å². The molecule has 13 rings (SSSR count). The molecule has 0 aliphatic rings. The first-order valence-electron chi connectivity index (χ1n) is 21.0. The highest BCUT2D eigenvalue weighted by Crippen LogP contribution is 2.42. The second-order valence-corrected chi connectivity index (χ2v) is 15.8. The summed E-state index contributed by atoms with van der Waals surface area (Å²) in [5.41, 5.74) is 15.3. The van der Waals surface area contributed by atoms with E-state index in [4.69, 9.17) is 23.2 Å². The fourth-order valence-corrected chi connectivity index (χ4v) is 9.04. The van der Waals surface area contributed by atoms with Crippen LogP contribution in [-0.4, -0.2) is 14.5 Å². The predicted molar refractivity (Wildman–Crippen MR) is 254 cm³/mol. The minimum absolute atomic E-state index is 0.593. The molecule has 0 amide bonds. The minimum atomic E-state index is 0.593. The Bertz CT molecular complexity index is 3790. The van der Waals surface area contributed by atoms with E-state index in [2.05, 4.69) is 161 Å². The van der Waals surface area contributed by atoms with Gasteiger partial charge < -0.3 is 22.7 Å². The van der Waals surface area contributed by atoms with Crippen LogP contribution in [0, 0.1) is 0 Å². The largest absolute Gasteiger partial charge is 0.456 e. The molecule has 0 fully saturated rings. The van der Waals surface area contributed by atoms with Gasteiger partial charge in [-0.05, 0) is 132 Å². The van der Waals surface area contributed by atoms with Crippen molar-refractivity contribution in [3.63, 3.8) is 0 Å². The highest BCUT2D eigenvalue weighted by Gasteiger charge is 2.20. The van der Waals surface area contributed by atoms with Gasteiger partial charge in [-0.2, -0.15) is 0 Å². The van der Waals surface area contributed by atoms with Gasteiger partial charge in [-0.25, -0.2) is 9.97 Å². The molecule has 296 valence electrons. The SMILES string of the molecule is c1ccc(-c2ccc(N(c3ccc(-c4nc5ccccc5o4)cc3)c3ccc4oc5ccc(-n6c7ccccc7c7cc(-c8nc9ccccc9o8)ccc76)cc5c4c3)cc2)cc1. The summed E-state index contributed by atoms with van der Waals surface area (Å²) in [6, 6.07) is 71.3.